The first-order valence-corrected chi connectivity index (χ1v) is 5.36. The number of carboxylic acid groups (broad SMARTS) is 1. The Hall–Kier alpha value is -1.46. The summed E-state index contributed by atoms with van der Waals surface area (Å²) in [6.45, 7) is 1.98. The Bertz CT molecular complexity index is 398. The second-order valence-electron chi connectivity index (χ2n) is 4.08. The second kappa shape index (κ2) is 5.75. The molecule has 0 fully saturated rings. The Kier molecular flexibility index (Phi) is 4.60. The molecule has 1 aromatic carbocycles. The number of nitrogens with two attached hydrogens (primary N) is 1. The molecule has 17 heavy (non-hydrogen) atoms. The smallest absolute Gasteiger partial charge is 0.321 e. The standard InChI is InChI=1S/C12H17FN2O2/c1-8(9-5-3-4-6-10(9)13)15(2)7-11(14)12(16)17/h3-6,8,11H,7,14H2,1-2H3,(H,16,17). The summed E-state index contributed by atoms with van der Waals surface area (Å²) in [5.41, 5.74) is 5.97. The molecule has 0 aliphatic heterocycles. The van der Waals surface area contributed by atoms with Crippen LogP contribution in [0.3, 0.4) is 0 Å². The number of carbonyl (C=O) groups is 1. The number of aliphatic carboxylic acids is 1. The van der Waals surface area contributed by atoms with E-state index < -0.39 is 12.0 Å². The Labute approximate surface area is 99.8 Å². The summed E-state index contributed by atoms with van der Waals surface area (Å²) in [7, 11) is 1.72. The minimum absolute atomic E-state index is 0.171. The van der Waals surface area contributed by atoms with Gasteiger partial charge in [0, 0.05) is 18.2 Å². The van der Waals surface area contributed by atoms with E-state index in [0.29, 0.717) is 5.56 Å². The summed E-state index contributed by atoms with van der Waals surface area (Å²) in [5.74, 6) is -1.35. The molecule has 0 spiro atoms. The number of likely N-dealkylation sites (N-methyl/N-ethyl adjacent to an activating group) is 1. The summed E-state index contributed by atoms with van der Waals surface area (Å²) in [4.78, 5) is 12.4. The van der Waals surface area contributed by atoms with E-state index in [1.165, 1.54) is 6.07 Å². The van der Waals surface area contributed by atoms with Crippen molar-refractivity contribution < 1.29 is 14.3 Å². The molecular weight excluding hydrogens is 223 g/mol. The van der Waals surface area contributed by atoms with Crippen molar-refractivity contribution in [1.82, 2.24) is 4.90 Å². The molecule has 0 aliphatic rings. The highest BCUT2D eigenvalue weighted by atomic mass is 19.1. The molecule has 0 heterocycles. The van der Waals surface area contributed by atoms with Crippen LogP contribution in [0.2, 0.25) is 0 Å². The molecule has 2 atom stereocenters. The molecule has 94 valence electrons. The maximum absolute atomic E-state index is 13.5. The van der Waals surface area contributed by atoms with Crippen molar-refractivity contribution in [1.29, 1.82) is 0 Å². The van der Waals surface area contributed by atoms with E-state index >= 15 is 0 Å². The number of carboxylic acids is 1. The van der Waals surface area contributed by atoms with Crippen molar-refractivity contribution in [3.05, 3.63) is 35.6 Å². The molecule has 0 amide bonds. The Morgan fingerprint density at radius 3 is 2.65 bits per heavy atom. The molecule has 0 saturated carbocycles. The van der Waals surface area contributed by atoms with Crippen LogP contribution in [0.5, 0.6) is 0 Å². The molecule has 5 heteroatoms. The maximum Gasteiger partial charge on any atom is 0.321 e. The minimum atomic E-state index is -1.06. The first-order valence-electron chi connectivity index (χ1n) is 5.36. The van der Waals surface area contributed by atoms with Gasteiger partial charge >= 0.3 is 5.97 Å². The fourth-order valence-corrected chi connectivity index (χ4v) is 1.60. The van der Waals surface area contributed by atoms with E-state index in [1.54, 1.807) is 30.1 Å². The summed E-state index contributed by atoms with van der Waals surface area (Å²) < 4.78 is 13.5. The van der Waals surface area contributed by atoms with Gasteiger partial charge in [0.2, 0.25) is 0 Å². The Balaban J connectivity index is 2.73. The molecule has 1 aromatic rings. The first kappa shape index (κ1) is 13.6. The molecule has 0 bridgehead atoms. The molecule has 0 aliphatic carbocycles. The van der Waals surface area contributed by atoms with Gasteiger partial charge in [0.15, 0.2) is 0 Å². The van der Waals surface area contributed by atoms with Crippen LogP contribution in [-0.4, -0.2) is 35.6 Å². The van der Waals surface area contributed by atoms with Gasteiger partial charge < -0.3 is 10.8 Å². The van der Waals surface area contributed by atoms with E-state index in [0.717, 1.165) is 0 Å². The van der Waals surface area contributed by atoms with Crippen LogP contribution < -0.4 is 5.73 Å². The van der Waals surface area contributed by atoms with E-state index in [9.17, 15) is 9.18 Å². The number of hydrogen-bond acceptors (Lipinski definition) is 3. The molecule has 4 nitrogen and oxygen atoms in total. The quantitative estimate of drug-likeness (QED) is 0.812. The lowest BCUT2D eigenvalue weighted by molar-refractivity contribution is -0.139. The number of rotatable bonds is 5. The van der Waals surface area contributed by atoms with E-state index in [4.69, 9.17) is 10.8 Å². The van der Waals surface area contributed by atoms with Crippen molar-refractivity contribution in [2.24, 2.45) is 5.73 Å². The predicted octanol–water partition coefficient (Wildman–Crippen LogP) is 1.23. The van der Waals surface area contributed by atoms with Crippen molar-refractivity contribution in [2.75, 3.05) is 13.6 Å². The summed E-state index contributed by atoms with van der Waals surface area (Å²) >= 11 is 0. The van der Waals surface area contributed by atoms with Crippen molar-refractivity contribution in [2.45, 2.75) is 19.0 Å². The SMILES string of the molecule is CC(c1ccccc1F)N(C)CC(N)C(=O)O. The molecular formula is C12H17FN2O2. The fraction of sp³-hybridized carbons (Fsp3) is 0.417. The van der Waals surface area contributed by atoms with Crippen LogP contribution in [0.15, 0.2) is 24.3 Å². The number of benzene rings is 1. The van der Waals surface area contributed by atoms with E-state index in [1.807, 2.05) is 6.92 Å². The van der Waals surface area contributed by atoms with Gasteiger partial charge in [0.05, 0.1) is 0 Å². The Morgan fingerprint density at radius 2 is 2.12 bits per heavy atom. The topological polar surface area (TPSA) is 66.6 Å². The van der Waals surface area contributed by atoms with Crippen molar-refractivity contribution in [3.63, 3.8) is 0 Å². The summed E-state index contributed by atoms with van der Waals surface area (Å²) in [6, 6.07) is 5.25. The van der Waals surface area contributed by atoms with Gasteiger partial charge in [-0.15, -0.1) is 0 Å². The molecule has 0 saturated heterocycles. The van der Waals surface area contributed by atoms with Gasteiger partial charge in [-0.05, 0) is 20.0 Å². The van der Waals surface area contributed by atoms with Crippen LogP contribution in [0.25, 0.3) is 0 Å². The molecule has 2 unspecified atom stereocenters. The number of hydrogen-bond donors (Lipinski definition) is 2. The normalized spacial score (nSPS) is 14.6. The van der Waals surface area contributed by atoms with Crippen LogP contribution in [0, 0.1) is 5.82 Å². The number of nitrogens with zero attached hydrogens (tertiary/aromatic N) is 1. The highest BCUT2D eigenvalue weighted by Crippen LogP contribution is 2.21. The molecule has 0 radical (unpaired) electrons. The largest absolute Gasteiger partial charge is 0.480 e. The third-order valence-corrected chi connectivity index (χ3v) is 2.82. The second-order valence-corrected chi connectivity index (χ2v) is 4.08. The van der Waals surface area contributed by atoms with Crippen LogP contribution in [0.4, 0.5) is 4.39 Å². The summed E-state index contributed by atoms with van der Waals surface area (Å²) in [6.07, 6.45) is 0. The van der Waals surface area contributed by atoms with E-state index in [2.05, 4.69) is 0 Å². The zero-order valence-electron chi connectivity index (χ0n) is 9.93. The monoisotopic (exact) mass is 240 g/mol. The first-order chi connectivity index (χ1) is 7.93. The molecule has 0 aromatic heterocycles. The van der Waals surface area contributed by atoms with Gasteiger partial charge in [-0.25, -0.2) is 4.39 Å². The summed E-state index contributed by atoms with van der Waals surface area (Å²) in [5, 5.41) is 8.71. The predicted molar refractivity (Wildman–Crippen MR) is 63.1 cm³/mol. The lowest BCUT2D eigenvalue weighted by Crippen LogP contribution is -2.42. The zero-order chi connectivity index (χ0) is 13.0. The zero-order valence-corrected chi connectivity index (χ0v) is 9.93. The van der Waals surface area contributed by atoms with Crippen molar-refractivity contribution in [3.8, 4) is 0 Å². The fourth-order valence-electron chi connectivity index (χ4n) is 1.60. The highest BCUT2D eigenvalue weighted by Gasteiger charge is 2.20. The molecule has 3 N–H and O–H groups in total. The lowest BCUT2D eigenvalue weighted by Gasteiger charge is -2.26. The third-order valence-electron chi connectivity index (χ3n) is 2.82. The van der Waals surface area contributed by atoms with Gasteiger partial charge in [-0.2, -0.15) is 0 Å². The van der Waals surface area contributed by atoms with Crippen molar-refractivity contribution >= 4 is 5.97 Å². The average molecular weight is 240 g/mol. The molecule has 1 rings (SSSR count). The van der Waals surface area contributed by atoms with Gasteiger partial charge in [-0.1, -0.05) is 18.2 Å². The van der Waals surface area contributed by atoms with Crippen LogP contribution in [0.1, 0.15) is 18.5 Å². The van der Waals surface area contributed by atoms with Gasteiger partial charge in [0.1, 0.15) is 11.9 Å². The lowest BCUT2D eigenvalue weighted by atomic mass is 10.1. The van der Waals surface area contributed by atoms with Gasteiger partial charge in [-0.3, -0.25) is 9.69 Å². The average Bonchev–Trinajstić information content (AvgIpc) is 2.28. The minimum Gasteiger partial charge on any atom is -0.480 e. The van der Waals surface area contributed by atoms with Crippen LogP contribution >= 0.6 is 0 Å². The van der Waals surface area contributed by atoms with E-state index in [-0.39, 0.29) is 18.4 Å². The number of halogens is 1. The Morgan fingerprint density at radius 1 is 1.53 bits per heavy atom. The van der Waals surface area contributed by atoms with Crippen LogP contribution in [-0.2, 0) is 4.79 Å². The third kappa shape index (κ3) is 3.51. The van der Waals surface area contributed by atoms with Gasteiger partial charge in [0.25, 0.3) is 0 Å². The highest BCUT2D eigenvalue weighted by molar-refractivity contribution is 5.73. The maximum atomic E-state index is 13.5.